The molecule has 0 amide bonds. The Morgan fingerprint density at radius 2 is 1.89 bits per heavy atom. The number of para-hydroxylation sites is 1. The number of rotatable bonds is 4. The zero-order valence-electron chi connectivity index (χ0n) is 11.5. The van der Waals surface area contributed by atoms with Gasteiger partial charge in [0, 0.05) is 18.8 Å². The molecule has 3 heteroatoms. The van der Waals surface area contributed by atoms with Gasteiger partial charge in [-0.25, -0.2) is 0 Å². The molecule has 1 heterocycles. The summed E-state index contributed by atoms with van der Waals surface area (Å²) in [6.45, 7) is 9.16. The highest BCUT2D eigenvalue weighted by atomic mass is 35.5. The third-order valence-electron chi connectivity index (χ3n) is 3.78. The van der Waals surface area contributed by atoms with Crippen molar-refractivity contribution in [3.63, 3.8) is 0 Å². The van der Waals surface area contributed by atoms with Crippen LogP contribution in [0.2, 0.25) is 0 Å². The number of nitrogens with zero attached hydrogens (tertiary/aromatic N) is 1. The predicted octanol–water partition coefficient (Wildman–Crippen LogP) is 3.24. The smallest absolute Gasteiger partial charge is 0.0395 e. The number of nitrogens with one attached hydrogen (secondary N) is 1. The van der Waals surface area contributed by atoms with Crippen LogP contribution in [-0.4, -0.2) is 26.2 Å². The molecule has 0 bridgehead atoms. The molecule has 1 fully saturated rings. The van der Waals surface area contributed by atoms with Crippen LogP contribution in [0.1, 0.15) is 25.3 Å². The lowest BCUT2D eigenvalue weighted by Gasteiger charge is -2.31. The van der Waals surface area contributed by atoms with E-state index in [1.165, 1.54) is 43.7 Å². The van der Waals surface area contributed by atoms with E-state index in [4.69, 9.17) is 0 Å². The number of anilines is 1. The van der Waals surface area contributed by atoms with Crippen LogP contribution in [0.5, 0.6) is 0 Å². The van der Waals surface area contributed by atoms with E-state index in [0.29, 0.717) is 0 Å². The topological polar surface area (TPSA) is 15.3 Å². The minimum Gasteiger partial charge on any atom is -0.371 e. The van der Waals surface area contributed by atoms with Crippen LogP contribution in [0.15, 0.2) is 24.3 Å². The average Bonchev–Trinajstić information content (AvgIpc) is 2.38. The Hall–Kier alpha value is -0.730. The largest absolute Gasteiger partial charge is 0.371 e. The number of hydrogen-bond donors (Lipinski definition) is 1. The highest BCUT2D eigenvalue weighted by Crippen LogP contribution is 2.22. The summed E-state index contributed by atoms with van der Waals surface area (Å²) in [6.07, 6.45) is 2.64. The third kappa shape index (κ3) is 3.89. The first-order chi connectivity index (χ1) is 8.31. The average molecular weight is 269 g/mol. The maximum atomic E-state index is 3.44. The lowest BCUT2D eigenvalue weighted by molar-refractivity contribution is 0.374. The molecule has 102 valence electrons. The van der Waals surface area contributed by atoms with E-state index in [1.807, 2.05) is 0 Å². The maximum absolute atomic E-state index is 3.44. The van der Waals surface area contributed by atoms with Gasteiger partial charge in [-0.15, -0.1) is 12.4 Å². The molecule has 0 unspecified atom stereocenters. The van der Waals surface area contributed by atoms with Gasteiger partial charge in [-0.2, -0.15) is 0 Å². The van der Waals surface area contributed by atoms with Crippen molar-refractivity contribution in [2.75, 3.05) is 31.1 Å². The fourth-order valence-corrected chi connectivity index (χ4v) is 2.69. The van der Waals surface area contributed by atoms with Crippen LogP contribution in [0.25, 0.3) is 0 Å². The number of benzene rings is 1. The summed E-state index contributed by atoms with van der Waals surface area (Å²) >= 11 is 0. The Labute approximate surface area is 117 Å². The van der Waals surface area contributed by atoms with Crippen molar-refractivity contribution in [1.29, 1.82) is 0 Å². The number of halogens is 1. The summed E-state index contributed by atoms with van der Waals surface area (Å²) in [4.78, 5) is 2.53. The quantitative estimate of drug-likeness (QED) is 0.902. The normalized spacial score (nSPS) is 16.1. The van der Waals surface area contributed by atoms with Gasteiger partial charge in [0.2, 0.25) is 0 Å². The van der Waals surface area contributed by atoms with Crippen molar-refractivity contribution in [3.05, 3.63) is 29.8 Å². The molecule has 18 heavy (non-hydrogen) atoms. The van der Waals surface area contributed by atoms with Crippen molar-refractivity contribution >= 4 is 18.1 Å². The van der Waals surface area contributed by atoms with Crippen molar-refractivity contribution in [2.24, 2.45) is 5.92 Å². The second-order valence-electron chi connectivity index (χ2n) is 5.02. The third-order valence-corrected chi connectivity index (χ3v) is 3.78. The van der Waals surface area contributed by atoms with E-state index >= 15 is 0 Å². The van der Waals surface area contributed by atoms with E-state index in [9.17, 15) is 0 Å². The summed E-state index contributed by atoms with van der Waals surface area (Å²) in [5, 5.41) is 3.44. The number of hydrogen-bond acceptors (Lipinski definition) is 2. The van der Waals surface area contributed by atoms with Crippen LogP contribution in [0, 0.1) is 12.8 Å². The van der Waals surface area contributed by atoms with Gasteiger partial charge in [-0.05, 0) is 57.3 Å². The SMILES string of the molecule is CCN(CC1CCNCC1)c1ccccc1C.Cl. The van der Waals surface area contributed by atoms with Gasteiger partial charge in [0.15, 0.2) is 0 Å². The molecular formula is C15H25ClN2. The molecule has 1 aromatic rings. The van der Waals surface area contributed by atoms with Gasteiger partial charge in [0.25, 0.3) is 0 Å². The Bertz CT molecular complexity index is 348. The zero-order valence-corrected chi connectivity index (χ0v) is 12.3. The highest BCUT2D eigenvalue weighted by molar-refractivity contribution is 5.85. The Morgan fingerprint density at radius 1 is 1.22 bits per heavy atom. The van der Waals surface area contributed by atoms with E-state index < -0.39 is 0 Å². The first-order valence-electron chi connectivity index (χ1n) is 6.82. The summed E-state index contributed by atoms with van der Waals surface area (Å²) < 4.78 is 0. The first-order valence-corrected chi connectivity index (χ1v) is 6.82. The van der Waals surface area contributed by atoms with Crippen molar-refractivity contribution in [1.82, 2.24) is 5.32 Å². The molecular weight excluding hydrogens is 244 g/mol. The van der Waals surface area contributed by atoms with E-state index in [0.717, 1.165) is 12.5 Å². The minimum atomic E-state index is 0. The molecule has 1 aromatic carbocycles. The minimum absolute atomic E-state index is 0. The zero-order chi connectivity index (χ0) is 12.1. The molecule has 0 aromatic heterocycles. The summed E-state index contributed by atoms with van der Waals surface area (Å²) in [6, 6.07) is 8.73. The molecule has 0 radical (unpaired) electrons. The molecule has 2 nitrogen and oxygen atoms in total. The first kappa shape index (κ1) is 15.3. The lowest BCUT2D eigenvalue weighted by Crippen LogP contribution is -2.36. The van der Waals surface area contributed by atoms with Crippen LogP contribution in [0.4, 0.5) is 5.69 Å². The Kier molecular flexibility index (Phi) is 6.51. The Morgan fingerprint density at radius 3 is 2.50 bits per heavy atom. The van der Waals surface area contributed by atoms with Crippen molar-refractivity contribution in [2.45, 2.75) is 26.7 Å². The summed E-state index contributed by atoms with van der Waals surface area (Å²) in [7, 11) is 0. The van der Waals surface area contributed by atoms with Gasteiger partial charge in [0.05, 0.1) is 0 Å². The van der Waals surface area contributed by atoms with Gasteiger partial charge in [-0.1, -0.05) is 18.2 Å². The van der Waals surface area contributed by atoms with Crippen molar-refractivity contribution < 1.29 is 0 Å². The van der Waals surface area contributed by atoms with Crippen LogP contribution in [-0.2, 0) is 0 Å². The maximum Gasteiger partial charge on any atom is 0.0395 e. The van der Waals surface area contributed by atoms with Crippen LogP contribution >= 0.6 is 12.4 Å². The standard InChI is InChI=1S/C15H24N2.ClH/c1-3-17(12-14-8-10-16-11-9-14)15-7-5-4-6-13(15)2;/h4-7,14,16H,3,8-12H2,1-2H3;1H. The van der Waals surface area contributed by atoms with Gasteiger partial charge >= 0.3 is 0 Å². The fourth-order valence-electron chi connectivity index (χ4n) is 2.69. The molecule has 0 spiro atoms. The fraction of sp³-hybridized carbons (Fsp3) is 0.600. The highest BCUT2D eigenvalue weighted by Gasteiger charge is 2.17. The van der Waals surface area contributed by atoms with Gasteiger partial charge < -0.3 is 10.2 Å². The lowest BCUT2D eigenvalue weighted by atomic mass is 9.97. The summed E-state index contributed by atoms with van der Waals surface area (Å²) in [5.41, 5.74) is 2.80. The molecule has 2 rings (SSSR count). The van der Waals surface area contributed by atoms with Gasteiger partial charge in [0.1, 0.15) is 0 Å². The monoisotopic (exact) mass is 268 g/mol. The van der Waals surface area contributed by atoms with Crippen molar-refractivity contribution in [3.8, 4) is 0 Å². The Balaban J connectivity index is 0.00000162. The molecule has 0 saturated carbocycles. The molecule has 1 aliphatic rings. The van der Waals surface area contributed by atoms with Gasteiger partial charge in [-0.3, -0.25) is 0 Å². The van der Waals surface area contributed by atoms with E-state index in [2.05, 4.69) is 48.3 Å². The van der Waals surface area contributed by atoms with E-state index in [-0.39, 0.29) is 12.4 Å². The van der Waals surface area contributed by atoms with Crippen LogP contribution in [0.3, 0.4) is 0 Å². The second kappa shape index (κ2) is 7.65. The number of aryl methyl sites for hydroxylation is 1. The van der Waals surface area contributed by atoms with Crippen LogP contribution < -0.4 is 10.2 Å². The van der Waals surface area contributed by atoms with E-state index in [1.54, 1.807) is 0 Å². The predicted molar refractivity (Wildman–Crippen MR) is 81.9 cm³/mol. The second-order valence-corrected chi connectivity index (χ2v) is 5.02. The summed E-state index contributed by atoms with van der Waals surface area (Å²) in [5.74, 6) is 0.857. The molecule has 0 aliphatic carbocycles. The number of piperidine rings is 1. The molecule has 1 N–H and O–H groups in total. The molecule has 0 atom stereocenters. The molecule has 1 aliphatic heterocycles. The molecule has 1 saturated heterocycles.